The van der Waals surface area contributed by atoms with Gasteiger partial charge in [-0.15, -0.1) is 0 Å². The number of hydrogen-bond donors (Lipinski definition) is 1. The molecular weight excluding hydrogens is 463 g/mol. The lowest BCUT2D eigenvalue weighted by Gasteiger charge is -2.23. The minimum Gasteiger partial charge on any atom is -0.507 e. The van der Waals surface area contributed by atoms with Crippen molar-refractivity contribution < 1.29 is 33.4 Å². The zero-order valence-corrected chi connectivity index (χ0v) is 19.2. The summed E-state index contributed by atoms with van der Waals surface area (Å²) in [6.07, 6.45) is 0. The van der Waals surface area contributed by atoms with Crippen LogP contribution >= 0.6 is 11.3 Å². The van der Waals surface area contributed by atoms with E-state index >= 15 is 0 Å². The molecule has 2 aromatic carbocycles. The van der Waals surface area contributed by atoms with E-state index in [0.29, 0.717) is 17.0 Å². The van der Waals surface area contributed by atoms with E-state index in [0.717, 1.165) is 28.4 Å². The molecule has 3 aromatic rings. The monoisotopic (exact) mass is 482 g/mol. The van der Waals surface area contributed by atoms with E-state index in [1.807, 2.05) is 0 Å². The maximum atomic E-state index is 13.4. The Morgan fingerprint density at radius 3 is 2.50 bits per heavy atom. The highest BCUT2D eigenvalue weighted by atomic mass is 32.1. The summed E-state index contributed by atoms with van der Waals surface area (Å²) in [5.74, 6) is -3.01. The number of Topliss-reactive ketones (excluding diaryl/α,β-unsaturated/α-hetero) is 1. The molecule has 0 bridgehead atoms. The number of anilines is 1. The smallest absolute Gasteiger partial charge is 0.350 e. The van der Waals surface area contributed by atoms with Crippen molar-refractivity contribution >= 4 is 39.9 Å². The average molecular weight is 482 g/mol. The van der Waals surface area contributed by atoms with Crippen LogP contribution in [0.25, 0.3) is 5.76 Å². The van der Waals surface area contributed by atoms with E-state index in [1.54, 1.807) is 31.2 Å². The molecule has 1 fully saturated rings. The Labute approximate surface area is 197 Å². The van der Waals surface area contributed by atoms with Gasteiger partial charge in [-0.1, -0.05) is 23.5 Å². The zero-order valence-electron chi connectivity index (χ0n) is 18.4. The van der Waals surface area contributed by atoms with Crippen molar-refractivity contribution in [3.8, 4) is 5.75 Å². The lowest BCUT2D eigenvalue weighted by Crippen LogP contribution is -2.29. The lowest BCUT2D eigenvalue weighted by molar-refractivity contribution is -0.132. The molecule has 2 heterocycles. The maximum absolute atomic E-state index is 13.4. The summed E-state index contributed by atoms with van der Waals surface area (Å²) in [5.41, 5.74) is 0.765. The SMILES string of the molecule is COC(=O)c1sc(N2C(=O)C(=O)/C(=C(\O)c3ccc(F)cc3)C2c2cccc(OC)c2)nc1C. The maximum Gasteiger partial charge on any atom is 0.350 e. The summed E-state index contributed by atoms with van der Waals surface area (Å²) in [4.78, 5) is 44.1. The van der Waals surface area contributed by atoms with Gasteiger partial charge in [0.05, 0.1) is 31.5 Å². The number of aliphatic hydroxyl groups is 1. The van der Waals surface area contributed by atoms with Crippen molar-refractivity contribution in [2.45, 2.75) is 13.0 Å². The molecule has 0 aliphatic carbocycles. The highest BCUT2D eigenvalue weighted by Crippen LogP contribution is 2.44. The number of aryl methyl sites for hydroxylation is 1. The van der Waals surface area contributed by atoms with Crippen LogP contribution < -0.4 is 9.64 Å². The number of carbonyl (C=O) groups excluding carboxylic acids is 3. The van der Waals surface area contributed by atoms with Crippen molar-refractivity contribution in [3.63, 3.8) is 0 Å². The normalized spacial score (nSPS) is 17.2. The largest absolute Gasteiger partial charge is 0.507 e. The molecule has 1 atom stereocenters. The van der Waals surface area contributed by atoms with Crippen LogP contribution in [-0.4, -0.2) is 42.0 Å². The van der Waals surface area contributed by atoms with Gasteiger partial charge in [-0.2, -0.15) is 0 Å². The van der Waals surface area contributed by atoms with Crippen molar-refractivity contribution in [1.82, 2.24) is 4.98 Å². The number of hydrogen-bond acceptors (Lipinski definition) is 8. The van der Waals surface area contributed by atoms with Gasteiger partial charge in [-0.25, -0.2) is 14.2 Å². The molecule has 8 nitrogen and oxygen atoms in total. The van der Waals surface area contributed by atoms with Gasteiger partial charge in [0.2, 0.25) is 0 Å². The predicted molar refractivity (Wildman–Crippen MR) is 122 cm³/mol. The Kier molecular flexibility index (Phi) is 6.16. The van der Waals surface area contributed by atoms with Crippen LogP contribution in [0.15, 0.2) is 54.1 Å². The van der Waals surface area contributed by atoms with E-state index in [2.05, 4.69) is 4.98 Å². The van der Waals surface area contributed by atoms with Gasteiger partial charge in [0.15, 0.2) is 5.13 Å². The molecule has 0 saturated carbocycles. The van der Waals surface area contributed by atoms with Crippen molar-refractivity contribution in [2.75, 3.05) is 19.1 Å². The van der Waals surface area contributed by atoms with Crippen LogP contribution in [0.1, 0.15) is 32.5 Å². The highest BCUT2D eigenvalue weighted by molar-refractivity contribution is 7.17. The average Bonchev–Trinajstić information content (AvgIpc) is 3.35. The molecule has 10 heteroatoms. The summed E-state index contributed by atoms with van der Waals surface area (Å²) >= 11 is 0.897. The second-order valence-corrected chi connectivity index (χ2v) is 8.33. The van der Waals surface area contributed by atoms with Crippen molar-refractivity contribution in [3.05, 3.63) is 81.6 Å². The number of aliphatic hydroxyl groups excluding tert-OH is 1. The van der Waals surface area contributed by atoms with Crippen LogP contribution in [0.2, 0.25) is 0 Å². The highest BCUT2D eigenvalue weighted by Gasteiger charge is 2.48. The lowest BCUT2D eigenvalue weighted by atomic mass is 9.95. The Morgan fingerprint density at radius 1 is 1.15 bits per heavy atom. The van der Waals surface area contributed by atoms with Gasteiger partial charge in [0.25, 0.3) is 5.78 Å². The molecule has 1 aliphatic heterocycles. The van der Waals surface area contributed by atoms with Crippen LogP contribution in [-0.2, 0) is 14.3 Å². The van der Waals surface area contributed by atoms with E-state index in [9.17, 15) is 23.9 Å². The van der Waals surface area contributed by atoms with E-state index in [1.165, 1.54) is 26.4 Å². The van der Waals surface area contributed by atoms with Gasteiger partial charge in [-0.05, 0) is 48.9 Å². The fraction of sp³-hybridized carbons (Fsp3) is 0.167. The number of carbonyl (C=O) groups is 3. The second-order valence-electron chi connectivity index (χ2n) is 7.36. The number of rotatable bonds is 5. The van der Waals surface area contributed by atoms with Crippen molar-refractivity contribution in [1.29, 1.82) is 0 Å². The number of esters is 1. The molecule has 1 aliphatic rings. The number of amides is 1. The number of ketones is 1. The molecule has 34 heavy (non-hydrogen) atoms. The third-order valence-corrected chi connectivity index (χ3v) is 6.47. The number of nitrogens with zero attached hydrogens (tertiary/aromatic N) is 2. The minimum atomic E-state index is -1.07. The van der Waals surface area contributed by atoms with E-state index in [4.69, 9.17) is 9.47 Å². The molecule has 1 unspecified atom stereocenters. The minimum absolute atomic E-state index is 0.0889. The van der Waals surface area contributed by atoms with Gasteiger partial charge < -0.3 is 14.6 Å². The Balaban J connectivity index is 1.95. The summed E-state index contributed by atoms with van der Waals surface area (Å²) in [6, 6.07) is 10.5. The van der Waals surface area contributed by atoms with Gasteiger partial charge in [-0.3, -0.25) is 14.5 Å². The van der Waals surface area contributed by atoms with E-state index < -0.39 is 35.3 Å². The number of thiazole rings is 1. The molecule has 1 N–H and O–H groups in total. The van der Waals surface area contributed by atoms with Crippen LogP contribution in [0.4, 0.5) is 9.52 Å². The fourth-order valence-electron chi connectivity index (χ4n) is 3.69. The van der Waals surface area contributed by atoms with Gasteiger partial charge in [0.1, 0.15) is 22.2 Å². The number of benzene rings is 2. The number of aromatic nitrogens is 1. The molecule has 4 rings (SSSR count). The first-order valence-electron chi connectivity index (χ1n) is 10.0. The first-order chi connectivity index (χ1) is 16.3. The first-order valence-corrected chi connectivity index (χ1v) is 10.8. The molecule has 1 amide bonds. The Hall–Kier alpha value is -4.05. The summed E-state index contributed by atoms with van der Waals surface area (Å²) in [7, 11) is 2.70. The summed E-state index contributed by atoms with van der Waals surface area (Å²) < 4.78 is 23.5. The third-order valence-electron chi connectivity index (χ3n) is 5.33. The third kappa shape index (κ3) is 3.92. The molecule has 0 radical (unpaired) electrons. The van der Waals surface area contributed by atoms with Crippen molar-refractivity contribution in [2.24, 2.45) is 0 Å². The fourth-order valence-corrected chi connectivity index (χ4v) is 4.70. The van der Waals surface area contributed by atoms with Crippen LogP contribution in [0.5, 0.6) is 5.75 Å². The number of ether oxygens (including phenoxy) is 2. The quantitative estimate of drug-likeness (QED) is 0.253. The Morgan fingerprint density at radius 2 is 1.85 bits per heavy atom. The zero-order chi connectivity index (χ0) is 24.6. The predicted octanol–water partition coefficient (Wildman–Crippen LogP) is 4.01. The Bertz CT molecular complexity index is 1330. The number of halogens is 1. The molecule has 1 aromatic heterocycles. The van der Waals surface area contributed by atoms with E-state index in [-0.39, 0.29) is 21.1 Å². The summed E-state index contributed by atoms with van der Waals surface area (Å²) in [6.45, 7) is 1.59. The molecule has 0 spiro atoms. The number of methoxy groups -OCH3 is 2. The van der Waals surface area contributed by atoms with Crippen LogP contribution in [0.3, 0.4) is 0 Å². The molecule has 174 valence electrons. The topological polar surface area (TPSA) is 106 Å². The second kappa shape index (κ2) is 9.06. The summed E-state index contributed by atoms with van der Waals surface area (Å²) in [5, 5.41) is 11.1. The van der Waals surface area contributed by atoms with Gasteiger partial charge >= 0.3 is 11.9 Å². The van der Waals surface area contributed by atoms with Gasteiger partial charge in [0, 0.05) is 5.56 Å². The molecule has 1 saturated heterocycles. The molecular formula is C24H19FN2O6S. The standard InChI is InChI=1S/C24H19FN2O6S/c1-12-21(23(31)33-3)34-24(26-12)27-18(14-5-4-6-16(11-14)32-2)17(20(29)22(27)30)19(28)13-7-9-15(25)10-8-13/h4-11,18,28H,1-3H3/b19-17-. The van der Waals surface area contributed by atoms with Crippen LogP contribution in [0, 0.1) is 12.7 Å². The first kappa shape index (κ1) is 23.1.